The van der Waals surface area contributed by atoms with Gasteiger partial charge in [0.05, 0.1) is 0 Å². The van der Waals surface area contributed by atoms with Crippen molar-refractivity contribution in [2.24, 2.45) is 11.1 Å². The molecule has 3 N–H and O–H groups in total. The number of nitrogens with two attached hydrogens (primary N) is 1. The Bertz CT molecular complexity index is 466. The minimum absolute atomic E-state index is 0.473. The monoisotopic (exact) mass is 262 g/mol. The van der Waals surface area contributed by atoms with Crippen molar-refractivity contribution in [2.75, 3.05) is 5.32 Å². The number of hydrogen-bond acceptors (Lipinski definition) is 2. The topological polar surface area (TPSA) is 38.0 Å². The van der Waals surface area contributed by atoms with Crippen molar-refractivity contribution in [3.63, 3.8) is 0 Å². The number of aryl methyl sites for hydroxylation is 1. The molecule has 98 valence electrons. The Morgan fingerprint density at radius 3 is 2.67 bits per heavy atom. The predicted octanol–water partition coefficient (Wildman–Crippen LogP) is 3.62. The molecule has 2 rings (SSSR count). The van der Waals surface area contributed by atoms with Crippen LogP contribution in [0.4, 0.5) is 5.69 Å². The zero-order chi connectivity index (χ0) is 13.3. The second-order valence-electron chi connectivity index (χ2n) is 6.14. The van der Waals surface area contributed by atoms with Crippen LogP contribution in [-0.2, 0) is 0 Å². The summed E-state index contributed by atoms with van der Waals surface area (Å²) < 4.78 is 0. The Kier molecular flexibility index (Phi) is 3.62. The molecule has 0 aliphatic heterocycles. The van der Waals surface area contributed by atoms with Crippen molar-refractivity contribution in [3.8, 4) is 0 Å². The third-order valence-electron chi connectivity index (χ3n) is 3.83. The van der Waals surface area contributed by atoms with Crippen LogP contribution < -0.4 is 11.1 Å². The molecule has 0 radical (unpaired) electrons. The number of hydrogen-bond donors (Lipinski definition) is 2. The molecule has 1 aromatic carbocycles. The van der Waals surface area contributed by atoms with Gasteiger partial charge in [0.25, 0.3) is 0 Å². The van der Waals surface area contributed by atoms with Crippen molar-refractivity contribution in [3.05, 3.63) is 29.3 Å². The molecule has 0 heterocycles. The van der Waals surface area contributed by atoms with Gasteiger partial charge in [-0.15, -0.1) is 0 Å². The van der Waals surface area contributed by atoms with Gasteiger partial charge in [-0.3, -0.25) is 0 Å². The van der Waals surface area contributed by atoms with Crippen molar-refractivity contribution in [1.29, 1.82) is 0 Å². The molecule has 1 fully saturated rings. The molecule has 1 unspecified atom stereocenters. The van der Waals surface area contributed by atoms with Crippen molar-refractivity contribution < 1.29 is 0 Å². The lowest BCUT2D eigenvalue weighted by atomic mass is 9.92. The molecule has 0 aromatic heterocycles. The van der Waals surface area contributed by atoms with E-state index < -0.39 is 0 Å². The maximum Gasteiger partial charge on any atom is 0.104 e. The van der Waals surface area contributed by atoms with E-state index >= 15 is 0 Å². The summed E-state index contributed by atoms with van der Waals surface area (Å²) in [4.78, 5) is 0.473. The standard InChI is InChI=1S/C15H22N2S/c1-10-8-11(4-5-13(10)14(16)18)17-12-6-7-15(2,3)9-12/h4-5,8,12,17H,6-7,9H2,1-3H3,(H2,16,18). The minimum atomic E-state index is 0.473. The molecule has 3 heteroatoms. The average molecular weight is 262 g/mol. The molecule has 1 atom stereocenters. The van der Waals surface area contributed by atoms with E-state index in [1.165, 1.54) is 24.9 Å². The van der Waals surface area contributed by atoms with Crippen LogP contribution in [0.15, 0.2) is 18.2 Å². The third-order valence-corrected chi connectivity index (χ3v) is 4.05. The van der Waals surface area contributed by atoms with E-state index in [2.05, 4.69) is 38.2 Å². The highest BCUT2D eigenvalue weighted by Crippen LogP contribution is 2.38. The summed E-state index contributed by atoms with van der Waals surface area (Å²) in [6.45, 7) is 6.74. The lowest BCUT2D eigenvalue weighted by Crippen LogP contribution is -2.18. The first-order valence-corrected chi connectivity index (χ1v) is 6.95. The van der Waals surface area contributed by atoms with Crippen LogP contribution in [0.25, 0.3) is 0 Å². The highest BCUT2D eigenvalue weighted by Gasteiger charge is 2.30. The van der Waals surface area contributed by atoms with Crippen LogP contribution in [0.1, 0.15) is 44.2 Å². The summed E-state index contributed by atoms with van der Waals surface area (Å²) in [5, 5.41) is 3.62. The summed E-state index contributed by atoms with van der Waals surface area (Å²) in [7, 11) is 0. The highest BCUT2D eigenvalue weighted by atomic mass is 32.1. The van der Waals surface area contributed by atoms with Gasteiger partial charge < -0.3 is 11.1 Å². The van der Waals surface area contributed by atoms with E-state index in [9.17, 15) is 0 Å². The summed E-state index contributed by atoms with van der Waals surface area (Å²) in [5.41, 5.74) is 9.45. The number of nitrogens with one attached hydrogen (secondary N) is 1. The van der Waals surface area contributed by atoms with Gasteiger partial charge in [0.1, 0.15) is 4.99 Å². The van der Waals surface area contributed by atoms with Gasteiger partial charge in [0, 0.05) is 17.3 Å². The summed E-state index contributed by atoms with van der Waals surface area (Å²) in [5.74, 6) is 0. The molecule has 2 nitrogen and oxygen atoms in total. The second kappa shape index (κ2) is 4.88. The van der Waals surface area contributed by atoms with Crippen molar-refractivity contribution >= 4 is 22.9 Å². The molecular formula is C15H22N2S. The first-order chi connectivity index (χ1) is 8.37. The molecule has 0 spiro atoms. The second-order valence-corrected chi connectivity index (χ2v) is 6.58. The molecule has 0 saturated heterocycles. The Labute approximate surface area is 115 Å². The summed E-state index contributed by atoms with van der Waals surface area (Å²) in [6.07, 6.45) is 3.79. The number of benzene rings is 1. The fraction of sp³-hybridized carbons (Fsp3) is 0.533. The largest absolute Gasteiger partial charge is 0.389 e. The van der Waals surface area contributed by atoms with Crippen LogP contribution in [0.3, 0.4) is 0 Å². The molecule has 1 aromatic rings. The van der Waals surface area contributed by atoms with Crippen molar-refractivity contribution in [1.82, 2.24) is 0 Å². The van der Waals surface area contributed by atoms with Crippen LogP contribution in [0, 0.1) is 12.3 Å². The summed E-state index contributed by atoms with van der Waals surface area (Å²) >= 11 is 5.02. The van der Waals surface area contributed by atoms with Gasteiger partial charge in [-0.05, 0) is 55.4 Å². The van der Waals surface area contributed by atoms with Gasteiger partial charge in [0.2, 0.25) is 0 Å². The molecule has 0 bridgehead atoms. The van der Waals surface area contributed by atoms with Gasteiger partial charge >= 0.3 is 0 Å². The Morgan fingerprint density at radius 2 is 2.17 bits per heavy atom. The van der Waals surface area contributed by atoms with E-state index in [1.54, 1.807) is 0 Å². The SMILES string of the molecule is Cc1cc(NC2CCC(C)(C)C2)ccc1C(N)=S. The zero-order valence-corrected chi connectivity index (χ0v) is 12.2. The predicted molar refractivity (Wildman–Crippen MR) is 82.1 cm³/mol. The Hall–Kier alpha value is -1.09. The molecular weight excluding hydrogens is 240 g/mol. The van der Waals surface area contributed by atoms with Crippen molar-refractivity contribution in [2.45, 2.75) is 46.1 Å². The van der Waals surface area contributed by atoms with E-state index in [0.717, 1.165) is 11.1 Å². The lowest BCUT2D eigenvalue weighted by Gasteiger charge is -2.19. The minimum Gasteiger partial charge on any atom is -0.389 e. The number of rotatable bonds is 3. The Balaban J connectivity index is 2.07. The fourth-order valence-electron chi connectivity index (χ4n) is 2.82. The first kappa shape index (κ1) is 13.3. The smallest absolute Gasteiger partial charge is 0.104 e. The lowest BCUT2D eigenvalue weighted by molar-refractivity contribution is 0.378. The van der Waals surface area contributed by atoms with Gasteiger partial charge in [-0.2, -0.15) is 0 Å². The maximum absolute atomic E-state index is 5.67. The fourth-order valence-corrected chi connectivity index (χ4v) is 3.05. The van der Waals surface area contributed by atoms with Crippen LogP contribution >= 0.6 is 12.2 Å². The molecule has 1 saturated carbocycles. The zero-order valence-electron chi connectivity index (χ0n) is 11.4. The van der Waals surface area contributed by atoms with Gasteiger partial charge in [-0.1, -0.05) is 26.1 Å². The van der Waals surface area contributed by atoms with Crippen LogP contribution in [0.5, 0.6) is 0 Å². The van der Waals surface area contributed by atoms with E-state index in [0.29, 0.717) is 16.4 Å². The molecule has 18 heavy (non-hydrogen) atoms. The summed E-state index contributed by atoms with van der Waals surface area (Å²) in [6, 6.07) is 6.82. The van der Waals surface area contributed by atoms with Crippen LogP contribution in [-0.4, -0.2) is 11.0 Å². The first-order valence-electron chi connectivity index (χ1n) is 6.54. The van der Waals surface area contributed by atoms with Gasteiger partial charge in [-0.25, -0.2) is 0 Å². The normalized spacial score (nSPS) is 21.8. The molecule has 1 aliphatic rings. The van der Waals surface area contributed by atoms with E-state index in [1.807, 2.05) is 6.07 Å². The number of thiocarbonyl (C=S) groups is 1. The molecule has 1 aliphatic carbocycles. The maximum atomic E-state index is 5.67. The third kappa shape index (κ3) is 3.02. The van der Waals surface area contributed by atoms with Gasteiger partial charge in [0.15, 0.2) is 0 Å². The Morgan fingerprint density at radius 1 is 1.44 bits per heavy atom. The van der Waals surface area contributed by atoms with E-state index in [-0.39, 0.29) is 0 Å². The highest BCUT2D eigenvalue weighted by molar-refractivity contribution is 7.80. The van der Waals surface area contributed by atoms with E-state index in [4.69, 9.17) is 18.0 Å². The van der Waals surface area contributed by atoms with Crippen LogP contribution in [0.2, 0.25) is 0 Å². The average Bonchev–Trinajstić information content (AvgIpc) is 2.57. The quantitative estimate of drug-likeness (QED) is 0.817. The number of anilines is 1. The molecule has 0 amide bonds.